The van der Waals surface area contributed by atoms with Crippen LogP contribution in [-0.4, -0.2) is 19.3 Å². The molecule has 0 aliphatic heterocycles. The Morgan fingerprint density at radius 1 is 1.32 bits per heavy atom. The summed E-state index contributed by atoms with van der Waals surface area (Å²) >= 11 is 0. The molecule has 0 saturated carbocycles. The number of rotatable bonds is 3. The first-order valence-electron chi connectivity index (χ1n) is 5.81. The monoisotopic (exact) mass is 261 g/mol. The molecule has 0 spiro atoms. The summed E-state index contributed by atoms with van der Waals surface area (Å²) in [5.74, 6) is 0.140. The summed E-state index contributed by atoms with van der Waals surface area (Å²) in [6.07, 6.45) is 3.39. The molecule has 0 radical (unpaired) electrons. The lowest BCUT2D eigenvalue weighted by atomic mass is 10.1. The van der Waals surface area contributed by atoms with E-state index >= 15 is 0 Å². The lowest BCUT2D eigenvalue weighted by Crippen LogP contribution is -2.40. The number of aryl methyl sites for hydroxylation is 1. The smallest absolute Gasteiger partial charge is 0.346 e. The molecule has 0 aliphatic carbocycles. The molecule has 0 saturated heterocycles. The van der Waals surface area contributed by atoms with Crippen molar-refractivity contribution in [2.24, 2.45) is 14.1 Å². The SMILES string of the molecule is CC(Nc1nn(C)c(=O)n(C)c1=O)c1cccnc1. The van der Waals surface area contributed by atoms with Crippen molar-refractivity contribution in [1.29, 1.82) is 0 Å². The first kappa shape index (κ1) is 13.0. The number of anilines is 1. The third-order valence-electron chi connectivity index (χ3n) is 2.86. The number of nitrogens with one attached hydrogen (secondary N) is 1. The molecular weight excluding hydrogens is 246 g/mol. The normalized spacial score (nSPS) is 12.2. The minimum Gasteiger partial charge on any atom is -0.357 e. The highest BCUT2D eigenvalue weighted by Crippen LogP contribution is 2.13. The van der Waals surface area contributed by atoms with E-state index in [2.05, 4.69) is 15.4 Å². The second kappa shape index (κ2) is 5.05. The van der Waals surface area contributed by atoms with Gasteiger partial charge in [-0.1, -0.05) is 6.07 Å². The Morgan fingerprint density at radius 3 is 2.68 bits per heavy atom. The highest BCUT2D eigenvalue weighted by molar-refractivity contribution is 5.34. The van der Waals surface area contributed by atoms with E-state index in [1.54, 1.807) is 12.4 Å². The van der Waals surface area contributed by atoms with Crippen LogP contribution in [0.3, 0.4) is 0 Å². The summed E-state index contributed by atoms with van der Waals surface area (Å²) in [6.45, 7) is 1.89. The van der Waals surface area contributed by atoms with Crippen LogP contribution >= 0.6 is 0 Å². The third-order valence-corrected chi connectivity index (χ3v) is 2.86. The van der Waals surface area contributed by atoms with Crippen LogP contribution in [0, 0.1) is 0 Å². The van der Waals surface area contributed by atoms with Gasteiger partial charge in [0.15, 0.2) is 0 Å². The lowest BCUT2D eigenvalue weighted by Gasteiger charge is -2.14. The summed E-state index contributed by atoms with van der Waals surface area (Å²) in [4.78, 5) is 27.5. The highest BCUT2D eigenvalue weighted by Gasteiger charge is 2.12. The van der Waals surface area contributed by atoms with Crippen LogP contribution in [0.15, 0.2) is 34.1 Å². The minimum absolute atomic E-state index is 0.133. The molecule has 7 nitrogen and oxygen atoms in total. The molecule has 0 bridgehead atoms. The summed E-state index contributed by atoms with van der Waals surface area (Å²) in [6, 6.07) is 3.59. The van der Waals surface area contributed by atoms with Gasteiger partial charge < -0.3 is 5.32 Å². The molecule has 2 aromatic rings. The van der Waals surface area contributed by atoms with E-state index in [0.717, 1.165) is 14.8 Å². The summed E-state index contributed by atoms with van der Waals surface area (Å²) in [7, 11) is 2.92. The first-order chi connectivity index (χ1) is 9.00. The maximum absolute atomic E-state index is 11.9. The number of hydrogen-bond donors (Lipinski definition) is 1. The molecule has 2 rings (SSSR count). The van der Waals surface area contributed by atoms with E-state index in [1.165, 1.54) is 14.1 Å². The highest BCUT2D eigenvalue weighted by atomic mass is 16.2. The molecule has 1 atom stereocenters. The Bertz CT molecular complexity index is 690. The van der Waals surface area contributed by atoms with Crippen molar-refractivity contribution in [2.45, 2.75) is 13.0 Å². The van der Waals surface area contributed by atoms with Gasteiger partial charge in [-0.05, 0) is 18.6 Å². The van der Waals surface area contributed by atoms with Crippen molar-refractivity contribution < 1.29 is 0 Å². The molecule has 19 heavy (non-hydrogen) atoms. The molecule has 0 amide bonds. The van der Waals surface area contributed by atoms with Crippen LogP contribution in [0.5, 0.6) is 0 Å². The van der Waals surface area contributed by atoms with Crippen LogP contribution in [-0.2, 0) is 14.1 Å². The van der Waals surface area contributed by atoms with E-state index in [1.807, 2.05) is 19.1 Å². The fourth-order valence-corrected chi connectivity index (χ4v) is 1.71. The number of hydrogen-bond acceptors (Lipinski definition) is 5. The van der Waals surface area contributed by atoms with Crippen molar-refractivity contribution >= 4 is 5.82 Å². The minimum atomic E-state index is -0.454. The largest absolute Gasteiger partial charge is 0.357 e. The van der Waals surface area contributed by atoms with Crippen molar-refractivity contribution in [3.8, 4) is 0 Å². The zero-order valence-corrected chi connectivity index (χ0v) is 11.0. The van der Waals surface area contributed by atoms with Gasteiger partial charge in [-0.2, -0.15) is 0 Å². The van der Waals surface area contributed by atoms with E-state index in [9.17, 15) is 9.59 Å². The van der Waals surface area contributed by atoms with Crippen molar-refractivity contribution in [2.75, 3.05) is 5.32 Å². The van der Waals surface area contributed by atoms with Crippen molar-refractivity contribution in [3.63, 3.8) is 0 Å². The van der Waals surface area contributed by atoms with Gasteiger partial charge in [0, 0.05) is 26.5 Å². The van der Waals surface area contributed by atoms with Crippen molar-refractivity contribution in [3.05, 3.63) is 50.9 Å². The van der Waals surface area contributed by atoms with Crippen molar-refractivity contribution in [1.82, 2.24) is 19.3 Å². The number of nitrogens with zero attached hydrogens (tertiary/aromatic N) is 4. The quantitative estimate of drug-likeness (QED) is 0.844. The zero-order chi connectivity index (χ0) is 14.0. The number of pyridine rings is 1. The fraction of sp³-hybridized carbons (Fsp3) is 0.333. The molecular formula is C12H15N5O2. The Labute approximate surface area is 109 Å². The fourth-order valence-electron chi connectivity index (χ4n) is 1.71. The topological polar surface area (TPSA) is 81.8 Å². The summed E-state index contributed by atoms with van der Waals surface area (Å²) in [5.41, 5.74) is 0.0311. The Kier molecular flexibility index (Phi) is 3.46. The van der Waals surface area contributed by atoms with Crippen LogP contribution < -0.4 is 16.6 Å². The first-order valence-corrected chi connectivity index (χ1v) is 5.81. The molecule has 1 unspecified atom stereocenters. The standard InChI is InChI=1S/C12H15N5O2/c1-8(9-5-4-6-13-7-9)14-10-11(18)16(2)12(19)17(3)15-10/h4-8H,1-3H3,(H,14,15). The predicted octanol–water partition coefficient (Wildman–Crippen LogP) is 0.0471. The molecule has 2 aromatic heterocycles. The average Bonchev–Trinajstić information content (AvgIpc) is 2.43. The van der Waals surface area contributed by atoms with E-state index in [-0.39, 0.29) is 11.9 Å². The van der Waals surface area contributed by atoms with Gasteiger partial charge in [-0.25, -0.2) is 9.48 Å². The van der Waals surface area contributed by atoms with E-state index in [4.69, 9.17) is 0 Å². The van der Waals surface area contributed by atoms with Gasteiger partial charge in [0.1, 0.15) is 0 Å². The maximum Gasteiger partial charge on any atom is 0.346 e. The Hall–Kier alpha value is -2.44. The van der Waals surface area contributed by atoms with Gasteiger partial charge in [0.25, 0.3) is 5.56 Å². The van der Waals surface area contributed by atoms with E-state index < -0.39 is 11.2 Å². The Morgan fingerprint density at radius 2 is 2.05 bits per heavy atom. The molecule has 1 N–H and O–H groups in total. The molecule has 7 heteroatoms. The summed E-state index contributed by atoms with van der Waals surface area (Å²) < 4.78 is 2.14. The Balaban J connectivity index is 2.35. The second-order valence-electron chi connectivity index (χ2n) is 4.27. The van der Waals surface area contributed by atoms with Gasteiger partial charge in [0.05, 0.1) is 6.04 Å². The lowest BCUT2D eigenvalue weighted by molar-refractivity contribution is 0.601. The average molecular weight is 261 g/mol. The van der Waals surface area contributed by atoms with Gasteiger partial charge in [-0.15, -0.1) is 5.10 Å². The maximum atomic E-state index is 11.9. The number of aromatic nitrogens is 4. The van der Waals surface area contributed by atoms with Crippen LogP contribution in [0.2, 0.25) is 0 Å². The van der Waals surface area contributed by atoms with Gasteiger partial charge in [-0.3, -0.25) is 14.3 Å². The summed E-state index contributed by atoms with van der Waals surface area (Å²) in [5, 5.41) is 6.93. The molecule has 0 aromatic carbocycles. The molecule has 0 aliphatic rings. The molecule has 0 fully saturated rings. The van der Waals surface area contributed by atoms with Gasteiger partial charge >= 0.3 is 5.69 Å². The van der Waals surface area contributed by atoms with Crippen LogP contribution in [0.25, 0.3) is 0 Å². The van der Waals surface area contributed by atoms with Crippen LogP contribution in [0.1, 0.15) is 18.5 Å². The zero-order valence-electron chi connectivity index (χ0n) is 11.0. The third kappa shape index (κ3) is 2.54. The predicted molar refractivity (Wildman–Crippen MR) is 71.0 cm³/mol. The second-order valence-corrected chi connectivity index (χ2v) is 4.27. The van der Waals surface area contributed by atoms with Gasteiger partial charge in [0.2, 0.25) is 5.82 Å². The molecule has 2 heterocycles. The van der Waals surface area contributed by atoms with Crippen LogP contribution in [0.4, 0.5) is 5.82 Å². The van der Waals surface area contributed by atoms with E-state index in [0.29, 0.717) is 0 Å². The molecule has 100 valence electrons.